The minimum absolute atomic E-state index is 0.0275. The fraction of sp³-hybridized carbons (Fsp3) is 0.438. The van der Waals surface area contributed by atoms with Crippen LogP contribution in [-0.4, -0.2) is 29.1 Å². The van der Waals surface area contributed by atoms with E-state index in [-0.39, 0.29) is 15.3 Å². The average Bonchev–Trinajstić information content (AvgIpc) is 3.00. The molecule has 0 aliphatic rings. The zero-order valence-corrected chi connectivity index (χ0v) is 18.3. The van der Waals surface area contributed by atoms with Crippen LogP contribution < -0.4 is 0 Å². The van der Waals surface area contributed by atoms with Crippen LogP contribution >= 0.6 is 30.8 Å². The first-order valence-corrected chi connectivity index (χ1v) is 10.5. The summed E-state index contributed by atoms with van der Waals surface area (Å²) in [6.45, 7) is 0. The Morgan fingerprint density at radius 2 is 1.68 bits per heavy atom. The third kappa shape index (κ3) is 5.19. The molecule has 2 aromatic rings. The van der Waals surface area contributed by atoms with Gasteiger partial charge in [0.15, 0.2) is 5.69 Å². The minimum atomic E-state index is -5.50. The van der Waals surface area contributed by atoms with Gasteiger partial charge in [0.25, 0.3) is 0 Å². The van der Waals surface area contributed by atoms with Crippen molar-refractivity contribution in [1.82, 2.24) is 9.78 Å². The van der Waals surface area contributed by atoms with Gasteiger partial charge >= 0.3 is 19.9 Å². The van der Waals surface area contributed by atoms with Crippen LogP contribution in [0.3, 0.4) is 0 Å². The Hall–Kier alpha value is -1.33. The SMILES string of the molecule is COP(=O)(OC)C(Cl)Cc1cc(-c2nn(C)c(C(F)(F)F)c2C(F)(F)F)c(F)cc1Cl. The van der Waals surface area contributed by atoms with E-state index in [0.29, 0.717) is 13.1 Å². The Morgan fingerprint density at radius 3 is 2.13 bits per heavy atom. The lowest BCUT2D eigenvalue weighted by Gasteiger charge is -2.20. The van der Waals surface area contributed by atoms with Gasteiger partial charge in [-0.05, 0) is 17.7 Å². The molecular formula is C16H14Cl2F7N2O3P. The Labute approximate surface area is 181 Å². The van der Waals surface area contributed by atoms with Crippen LogP contribution in [0.2, 0.25) is 5.02 Å². The highest BCUT2D eigenvalue weighted by Crippen LogP contribution is 2.55. The molecule has 0 saturated heterocycles. The number of aryl methyl sites for hydroxylation is 1. The van der Waals surface area contributed by atoms with Gasteiger partial charge in [0.1, 0.15) is 22.2 Å². The van der Waals surface area contributed by atoms with Crippen LogP contribution in [0.15, 0.2) is 12.1 Å². The molecule has 0 aliphatic heterocycles. The summed E-state index contributed by atoms with van der Waals surface area (Å²) in [6.07, 6.45) is -11.3. The van der Waals surface area contributed by atoms with Crippen molar-refractivity contribution in [3.05, 3.63) is 39.8 Å². The van der Waals surface area contributed by atoms with Gasteiger partial charge in [0.05, 0.1) is 0 Å². The fourth-order valence-corrected chi connectivity index (χ4v) is 4.73. The van der Waals surface area contributed by atoms with Gasteiger partial charge in [-0.3, -0.25) is 9.25 Å². The van der Waals surface area contributed by atoms with Gasteiger partial charge in [0, 0.05) is 38.3 Å². The lowest BCUT2D eigenvalue weighted by Crippen LogP contribution is -2.19. The van der Waals surface area contributed by atoms with E-state index in [1.807, 2.05) is 0 Å². The van der Waals surface area contributed by atoms with Crippen molar-refractivity contribution < 1.29 is 44.3 Å². The Bertz CT molecular complexity index is 1020. The monoisotopic (exact) mass is 516 g/mol. The molecule has 0 spiro atoms. The Morgan fingerprint density at radius 1 is 1.13 bits per heavy atom. The molecule has 0 saturated carbocycles. The molecule has 0 bridgehead atoms. The molecule has 0 amide bonds. The summed E-state index contributed by atoms with van der Waals surface area (Å²) in [7, 11) is -1.12. The summed E-state index contributed by atoms with van der Waals surface area (Å²) in [6, 6.07) is 1.36. The number of rotatable bonds is 6. The van der Waals surface area contributed by atoms with Gasteiger partial charge < -0.3 is 9.05 Å². The summed E-state index contributed by atoms with van der Waals surface area (Å²) < 4.78 is 117. The predicted molar refractivity (Wildman–Crippen MR) is 98.6 cm³/mol. The molecule has 1 heterocycles. The number of benzene rings is 1. The first kappa shape index (κ1) is 25.9. The molecule has 5 nitrogen and oxygen atoms in total. The lowest BCUT2D eigenvalue weighted by atomic mass is 10.0. The molecule has 15 heteroatoms. The zero-order chi connectivity index (χ0) is 23.9. The maximum absolute atomic E-state index is 14.5. The van der Waals surface area contributed by atoms with Gasteiger partial charge in [0.2, 0.25) is 0 Å². The quantitative estimate of drug-likeness (QED) is 0.249. The van der Waals surface area contributed by atoms with Crippen molar-refractivity contribution in [2.45, 2.75) is 23.9 Å². The number of nitrogens with zero attached hydrogens (tertiary/aromatic N) is 2. The van der Waals surface area contributed by atoms with Gasteiger partial charge in [-0.2, -0.15) is 31.4 Å². The number of halogens is 9. The van der Waals surface area contributed by atoms with Crippen molar-refractivity contribution in [1.29, 1.82) is 0 Å². The van der Waals surface area contributed by atoms with Crippen LogP contribution in [0.25, 0.3) is 11.3 Å². The summed E-state index contributed by atoms with van der Waals surface area (Å²) in [5.74, 6) is -1.35. The summed E-state index contributed by atoms with van der Waals surface area (Å²) in [5.41, 5.74) is -6.54. The molecule has 0 N–H and O–H groups in total. The van der Waals surface area contributed by atoms with E-state index in [1.54, 1.807) is 0 Å². The third-order valence-corrected chi connectivity index (χ3v) is 7.34. The number of alkyl halides is 7. The summed E-state index contributed by atoms with van der Waals surface area (Å²) in [4.78, 5) is 0. The first-order chi connectivity index (χ1) is 14.1. The lowest BCUT2D eigenvalue weighted by molar-refractivity contribution is -0.165. The smallest absolute Gasteiger partial charge is 0.311 e. The molecule has 2 rings (SSSR count). The zero-order valence-electron chi connectivity index (χ0n) is 15.9. The molecule has 174 valence electrons. The Kier molecular flexibility index (Phi) is 7.44. The summed E-state index contributed by atoms with van der Waals surface area (Å²) >= 11 is 11.9. The van der Waals surface area contributed by atoms with E-state index in [2.05, 4.69) is 5.10 Å². The van der Waals surface area contributed by atoms with E-state index in [9.17, 15) is 35.3 Å². The molecule has 1 aromatic carbocycles. The van der Waals surface area contributed by atoms with Crippen molar-refractivity contribution in [2.75, 3.05) is 14.2 Å². The highest BCUT2D eigenvalue weighted by atomic mass is 35.5. The number of hydrogen-bond donors (Lipinski definition) is 0. The second kappa shape index (κ2) is 8.90. The standard InChI is InChI=1S/C16H14Cl2F7N2O3P/c1-27-14(16(23,24)25)12(15(20,21)22)13(26-27)8-4-7(9(17)6-10(8)19)5-11(18)31(28,29-2)30-3/h4,6,11H,5H2,1-3H3. The predicted octanol–water partition coefficient (Wildman–Crippen LogP) is 6.51. The van der Waals surface area contributed by atoms with Crippen molar-refractivity contribution in [3.63, 3.8) is 0 Å². The van der Waals surface area contributed by atoms with Crippen LogP contribution in [0, 0.1) is 5.82 Å². The van der Waals surface area contributed by atoms with Gasteiger partial charge in [-0.25, -0.2) is 4.39 Å². The minimum Gasteiger partial charge on any atom is -0.311 e. The van der Waals surface area contributed by atoms with Crippen LogP contribution in [0.5, 0.6) is 0 Å². The Balaban J connectivity index is 2.72. The normalized spacial score (nSPS) is 14.2. The van der Waals surface area contributed by atoms with Crippen LogP contribution in [-0.2, 0) is 39.4 Å². The van der Waals surface area contributed by atoms with E-state index >= 15 is 0 Å². The van der Waals surface area contributed by atoms with Crippen molar-refractivity contribution >= 4 is 30.8 Å². The first-order valence-electron chi connectivity index (χ1n) is 8.11. The second-order valence-electron chi connectivity index (χ2n) is 6.16. The maximum Gasteiger partial charge on any atom is 0.433 e. The van der Waals surface area contributed by atoms with E-state index in [1.165, 1.54) is 0 Å². The molecule has 1 unspecified atom stereocenters. The number of aromatic nitrogens is 2. The van der Waals surface area contributed by atoms with E-state index in [4.69, 9.17) is 32.2 Å². The van der Waals surface area contributed by atoms with E-state index < -0.39 is 59.8 Å². The number of hydrogen-bond acceptors (Lipinski definition) is 4. The highest BCUT2D eigenvalue weighted by molar-refractivity contribution is 7.56. The molecule has 1 aromatic heterocycles. The largest absolute Gasteiger partial charge is 0.433 e. The summed E-state index contributed by atoms with van der Waals surface area (Å²) in [5, 5.41) is 1.57. The van der Waals surface area contributed by atoms with Gasteiger partial charge in [-0.15, -0.1) is 11.6 Å². The molecule has 0 fully saturated rings. The van der Waals surface area contributed by atoms with Gasteiger partial charge in [-0.1, -0.05) is 11.6 Å². The van der Waals surface area contributed by atoms with Crippen molar-refractivity contribution in [3.8, 4) is 11.3 Å². The van der Waals surface area contributed by atoms with Crippen LogP contribution in [0.1, 0.15) is 16.8 Å². The third-order valence-electron chi connectivity index (χ3n) is 4.23. The fourth-order valence-electron chi connectivity index (χ4n) is 2.83. The van der Waals surface area contributed by atoms with Crippen molar-refractivity contribution in [2.24, 2.45) is 7.05 Å². The highest BCUT2D eigenvalue weighted by Gasteiger charge is 2.49. The van der Waals surface area contributed by atoms with E-state index in [0.717, 1.165) is 20.3 Å². The molecule has 0 radical (unpaired) electrons. The topological polar surface area (TPSA) is 53.4 Å². The maximum atomic E-state index is 14.5. The average molecular weight is 517 g/mol. The molecule has 0 aliphatic carbocycles. The van der Waals surface area contributed by atoms with Crippen LogP contribution in [0.4, 0.5) is 30.7 Å². The molecule has 1 atom stereocenters. The molecular weight excluding hydrogens is 503 g/mol. The second-order valence-corrected chi connectivity index (χ2v) is 9.83. The molecule has 31 heavy (non-hydrogen) atoms.